The molecule has 7 heteroatoms. The molecule has 1 aromatic heterocycles. The highest BCUT2D eigenvalue weighted by Gasteiger charge is 2.28. The maximum absolute atomic E-state index is 12.2. The molecule has 0 N–H and O–H groups in total. The Labute approximate surface area is 83.6 Å². The Morgan fingerprint density at radius 3 is 2.60 bits per heavy atom. The van der Waals surface area contributed by atoms with Crippen LogP contribution in [0.4, 0.5) is 8.78 Å². The average Bonchev–Trinajstić information content (AvgIpc) is 2.57. The van der Waals surface area contributed by atoms with Crippen LogP contribution in [0.15, 0.2) is 6.20 Å². The van der Waals surface area contributed by atoms with E-state index < -0.39 is 23.9 Å². The van der Waals surface area contributed by atoms with Gasteiger partial charge in [0.05, 0.1) is 13.3 Å². The Balaban J connectivity index is 3.21. The van der Waals surface area contributed by atoms with Crippen molar-refractivity contribution < 1.29 is 23.1 Å². The number of Topliss-reactive ketones (excluding diaryl/α,β-unsaturated/α-hetero) is 1. The number of halogens is 2. The summed E-state index contributed by atoms with van der Waals surface area (Å²) in [5, 5.41) is 3.55. The maximum atomic E-state index is 12.2. The second-order valence-corrected chi connectivity index (χ2v) is 2.69. The van der Waals surface area contributed by atoms with Crippen molar-refractivity contribution in [1.29, 1.82) is 0 Å². The number of alkyl halides is 2. The Kier molecular flexibility index (Phi) is 3.13. The van der Waals surface area contributed by atoms with Gasteiger partial charge < -0.3 is 4.74 Å². The quantitative estimate of drug-likeness (QED) is 0.552. The summed E-state index contributed by atoms with van der Waals surface area (Å²) in [6.07, 6.45) is -2.16. The van der Waals surface area contributed by atoms with E-state index in [-0.39, 0.29) is 5.56 Å². The second kappa shape index (κ2) is 4.16. The molecule has 0 aliphatic heterocycles. The van der Waals surface area contributed by atoms with Crippen LogP contribution in [0.2, 0.25) is 0 Å². The standard InChI is InChI=1S/C8H8F2N2O3/c1-12-5(6(13)7(9)10)4(3-11-12)8(14)15-2/h3,7H,1-2H3. The zero-order chi connectivity index (χ0) is 11.6. The minimum atomic E-state index is -3.18. The van der Waals surface area contributed by atoms with Crippen molar-refractivity contribution in [3.8, 4) is 0 Å². The van der Waals surface area contributed by atoms with E-state index in [2.05, 4.69) is 9.84 Å². The third-order valence-electron chi connectivity index (χ3n) is 1.78. The molecule has 0 aliphatic carbocycles. The van der Waals surface area contributed by atoms with E-state index >= 15 is 0 Å². The van der Waals surface area contributed by atoms with Gasteiger partial charge in [0.2, 0.25) is 5.78 Å². The van der Waals surface area contributed by atoms with E-state index in [9.17, 15) is 18.4 Å². The SMILES string of the molecule is COC(=O)c1cnn(C)c1C(=O)C(F)F. The van der Waals surface area contributed by atoms with Crippen molar-refractivity contribution in [2.75, 3.05) is 7.11 Å². The molecular formula is C8H8F2N2O3. The van der Waals surface area contributed by atoms with Gasteiger partial charge in [-0.05, 0) is 0 Å². The van der Waals surface area contributed by atoms with E-state index in [1.165, 1.54) is 7.05 Å². The lowest BCUT2D eigenvalue weighted by Crippen LogP contribution is -2.18. The molecule has 1 aromatic rings. The summed E-state index contributed by atoms with van der Waals surface area (Å²) in [4.78, 5) is 22.2. The number of carbonyl (C=O) groups is 2. The van der Waals surface area contributed by atoms with Gasteiger partial charge in [-0.3, -0.25) is 9.48 Å². The summed E-state index contributed by atoms with van der Waals surface area (Å²) in [6.45, 7) is 0. The highest BCUT2D eigenvalue weighted by atomic mass is 19.3. The number of ether oxygens (including phenoxy) is 1. The molecule has 0 unspecified atom stereocenters. The molecule has 0 spiro atoms. The van der Waals surface area contributed by atoms with Crippen LogP contribution in [0, 0.1) is 0 Å². The third-order valence-corrected chi connectivity index (χ3v) is 1.78. The Bertz CT molecular complexity index is 401. The van der Waals surface area contributed by atoms with E-state index in [0.29, 0.717) is 0 Å². The van der Waals surface area contributed by atoms with Crippen LogP contribution in [0.1, 0.15) is 20.8 Å². The molecule has 1 rings (SSSR count). The molecule has 82 valence electrons. The smallest absolute Gasteiger partial charge is 0.341 e. The lowest BCUT2D eigenvalue weighted by atomic mass is 10.2. The van der Waals surface area contributed by atoms with Crippen molar-refractivity contribution in [3.05, 3.63) is 17.5 Å². The number of aromatic nitrogens is 2. The number of ketones is 1. The maximum Gasteiger partial charge on any atom is 0.341 e. The van der Waals surface area contributed by atoms with Crippen LogP contribution in [-0.4, -0.2) is 35.1 Å². The molecule has 5 nitrogen and oxygen atoms in total. The van der Waals surface area contributed by atoms with E-state index in [1.54, 1.807) is 0 Å². The zero-order valence-corrected chi connectivity index (χ0v) is 8.03. The van der Waals surface area contributed by atoms with Crippen molar-refractivity contribution in [1.82, 2.24) is 9.78 Å². The van der Waals surface area contributed by atoms with E-state index in [0.717, 1.165) is 18.0 Å². The lowest BCUT2D eigenvalue weighted by molar-refractivity contribution is 0.0583. The Hall–Kier alpha value is -1.79. The number of carbonyl (C=O) groups excluding carboxylic acids is 2. The summed E-state index contributed by atoms with van der Waals surface area (Å²) in [7, 11) is 2.38. The Morgan fingerprint density at radius 1 is 1.53 bits per heavy atom. The van der Waals surface area contributed by atoms with Gasteiger partial charge in [-0.25, -0.2) is 13.6 Å². The minimum Gasteiger partial charge on any atom is -0.465 e. The molecule has 0 amide bonds. The average molecular weight is 218 g/mol. The molecule has 0 bridgehead atoms. The Morgan fingerprint density at radius 2 is 2.13 bits per heavy atom. The number of aryl methyl sites for hydroxylation is 1. The molecule has 0 saturated carbocycles. The number of methoxy groups -OCH3 is 1. The van der Waals surface area contributed by atoms with Gasteiger partial charge in [-0.1, -0.05) is 0 Å². The van der Waals surface area contributed by atoms with Crippen LogP contribution in [0.5, 0.6) is 0 Å². The molecule has 15 heavy (non-hydrogen) atoms. The van der Waals surface area contributed by atoms with Crippen LogP contribution < -0.4 is 0 Å². The highest BCUT2D eigenvalue weighted by molar-refractivity contribution is 6.06. The topological polar surface area (TPSA) is 61.2 Å². The first-order valence-corrected chi connectivity index (χ1v) is 3.91. The van der Waals surface area contributed by atoms with Crippen LogP contribution >= 0.6 is 0 Å². The van der Waals surface area contributed by atoms with Crippen molar-refractivity contribution >= 4 is 11.8 Å². The minimum absolute atomic E-state index is 0.259. The van der Waals surface area contributed by atoms with Gasteiger partial charge in [-0.15, -0.1) is 0 Å². The number of esters is 1. The summed E-state index contributed by atoms with van der Waals surface area (Å²) < 4.78 is 29.6. The predicted molar refractivity (Wildman–Crippen MR) is 44.9 cm³/mol. The summed E-state index contributed by atoms with van der Waals surface area (Å²) >= 11 is 0. The molecule has 0 aliphatic rings. The second-order valence-electron chi connectivity index (χ2n) is 2.69. The molecule has 1 heterocycles. The molecule has 0 aromatic carbocycles. The molecule has 0 fully saturated rings. The van der Waals surface area contributed by atoms with E-state index in [4.69, 9.17) is 0 Å². The fourth-order valence-electron chi connectivity index (χ4n) is 1.09. The zero-order valence-electron chi connectivity index (χ0n) is 8.03. The largest absolute Gasteiger partial charge is 0.465 e. The fourth-order valence-corrected chi connectivity index (χ4v) is 1.09. The lowest BCUT2D eigenvalue weighted by Gasteiger charge is -2.02. The first kappa shape index (κ1) is 11.3. The summed E-state index contributed by atoms with van der Waals surface area (Å²) in [6, 6.07) is 0. The normalized spacial score (nSPS) is 10.5. The van der Waals surface area contributed by atoms with Crippen LogP contribution in [0.3, 0.4) is 0 Å². The van der Waals surface area contributed by atoms with Gasteiger partial charge >= 0.3 is 12.4 Å². The van der Waals surface area contributed by atoms with Gasteiger partial charge in [-0.2, -0.15) is 5.10 Å². The summed E-state index contributed by atoms with van der Waals surface area (Å²) in [5.41, 5.74) is -0.706. The van der Waals surface area contributed by atoms with Crippen LogP contribution in [-0.2, 0) is 11.8 Å². The highest BCUT2D eigenvalue weighted by Crippen LogP contribution is 2.13. The van der Waals surface area contributed by atoms with Gasteiger partial charge in [0, 0.05) is 7.05 Å². The van der Waals surface area contributed by atoms with Crippen molar-refractivity contribution in [2.24, 2.45) is 7.05 Å². The van der Waals surface area contributed by atoms with Crippen LogP contribution in [0.25, 0.3) is 0 Å². The van der Waals surface area contributed by atoms with Crippen molar-refractivity contribution in [2.45, 2.75) is 6.43 Å². The first-order chi connectivity index (χ1) is 6.99. The fraction of sp³-hybridized carbons (Fsp3) is 0.375. The van der Waals surface area contributed by atoms with Gasteiger partial charge in [0.25, 0.3) is 0 Å². The molecule has 0 saturated heterocycles. The number of hydrogen-bond donors (Lipinski definition) is 0. The number of rotatable bonds is 3. The van der Waals surface area contributed by atoms with Gasteiger partial charge in [0.1, 0.15) is 11.3 Å². The number of nitrogens with zero attached hydrogens (tertiary/aromatic N) is 2. The molecule has 0 radical (unpaired) electrons. The molecule has 0 atom stereocenters. The van der Waals surface area contributed by atoms with Crippen molar-refractivity contribution in [3.63, 3.8) is 0 Å². The molecular weight excluding hydrogens is 210 g/mol. The third kappa shape index (κ3) is 2.00. The number of hydrogen-bond acceptors (Lipinski definition) is 4. The van der Waals surface area contributed by atoms with E-state index in [1.807, 2.05) is 0 Å². The first-order valence-electron chi connectivity index (χ1n) is 3.91. The monoisotopic (exact) mass is 218 g/mol. The predicted octanol–water partition coefficient (Wildman–Crippen LogP) is 0.654. The van der Waals surface area contributed by atoms with Gasteiger partial charge in [0.15, 0.2) is 0 Å². The summed E-state index contributed by atoms with van der Waals surface area (Å²) in [5.74, 6) is -2.32.